The van der Waals surface area contributed by atoms with E-state index in [2.05, 4.69) is 10.3 Å². The molecule has 1 unspecified atom stereocenters. The van der Waals surface area contributed by atoms with Crippen LogP contribution in [0.4, 0.5) is 0 Å². The van der Waals surface area contributed by atoms with Gasteiger partial charge >= 0.3 is 5.97 Å². The summed E-state index contributed by atoms with van der Waals surface area (Å²) in [6.07, 6.45) is 3.46. The summed E-state index contributed by atoms with van der Waals surface area (Å²) in [6, 6.07) is 3.51. The average Bonchev–Trinajstić information content (AvgIpc) is 2.25. The second-order valence-corrected chi connectivity index (χ2v) is 4.99. The number of esters is 1. The van der Waals surface area contributed by atoms with Gasteiger partial charge in [0.25, 0.3) is 0 Å². The molecule has 0 saturated heterocycles. The molecule has 0 spiro atoms. The zero-order valence-corrected chi connectivity index (χ0v) is 10.9. The van der Waals surface area contributed by atoms with Crippen molar-refractivity contribution in [1.29, 1.82) is 0 Å². The quantitative estimate of drug-likeness (QED) is 0.811. The lowest BCUT2D eigenvalue weighted by Crippen LogP contribution is -2.38. The average molecular weight is 236 g/mol. The van der Waals surface area contributed by atoms with Gasteiger partial charge in [-0.15, -0.1) is 0 Å². The van der Waals surface area contributed by atoms with Gasteiger partial charge in [-0.2, -0.15) is 0 Å². The Morgan fingerprint density at radius 1 is 1.41 bits per heavy atom. The monoisotopic (exact) mass is 236 g/mol. The van der Waals surface area contributed by atoms with Crippen molar-refractivity contribution in [3.8, 4) is 0 Å². The van der Waals surface area contributed by atoms with E-state index in [1.807, 2.05) is 32.9 Å². The summed E-state index contributed by atoms with van der Waals surface area (Å²) in [6.45, 7) is 8.01. The molecule has 0 aliphatic heterocycles. The third kappa shape index (κ3) is 5.45. The van der Waals surface area contributed by atoms with Gasteiger partial charge in [0.2, 0.25) is 0 Å². The molecule has 1 heterocycles. The minimum atomic E-state index is -0.441. The van der Waals surface area contributed by atoms with Gasteiger partial charge in [0, 0.05) is 18.9 Å². The Morgan fingerprint density at radius 2 is 2.00 bits per heavy atom. The number of nitrogens with zero attached hydrogens (tertiary/aromatic N) is 1. The molecule has 4 nitrogen and oxygen atoms in total. The summed E-state index contributed by atoms with van der Waals surface area (Å²) in [7, 11) is 0. The van der Waals surface area contributed by atoms with Crippen molar-refractivity contribution in [3.63, 3.8) is 0 Å². The predicted octanol–water partition coefficient (Wildman–Crippen LogP) is 1.90. The number of carbonyl (C=O) groups excluding carboxylic acids is 1. The Kier molecular flexibility index (Phi) is 4.63. The molecular weight excluding hydrogens is 216 g/mol. The standard InChI is InChI=1S/C13H20N2O2/c1-10(12(16)17-13(2,3)4)15-9-11-5-7-14-8-6-11/h5-8,10,15H,9H2,1-4H3. The Labute approximate surface area is 102 Å². The van der Waals surface area contributed by atoms with Crippen LogP contribution in [0.2, 0.25) is 0 Å². The zero-order valence-electron chi connectivity index (χ0n) is 10.9. The first-order valence-electron chi connectivity index (χ1n) is 5.73. The number of nitrogens with one attached hydrogen (secondary N) is 1. The van der Waals surface area contributed by atoms with E-state index in [-0.39, 0.29) is 12.0 Å². The lowest BCUT2D eigenvalue weighted by molar-refractivity contribution is -0.157. The lowest BCUT2D eigenvalue weighted by atomic mass is 10.2. The van der Waals surface area contributed by atoms with Crippen LogP contribution >= 0.6 is 0 Å². The van der Waals surface area contributed by atoms with Gasteiger partial charge in [-0.1, -0.05) is 0 Å². The minimum absolute atomic E-state index is 0.230. The molecule has 1 atom stereocenters. The van der Waals surface area contributed by atoms with Crippen LogP contribution in [0.1, 0.15) is 33.3 Å². The molecule has 0 aromatic carbocycles. The van der Waals surface area contributed by atoms with Gasteiger partial charge < -0.3 is 10.1 Å². The second-order valence-electron chi connectivity index (χ2n) is 4.99. The topological polar surface area (TPSA) is 51.2 Å². The first-order valence-corrected chi connectivity index (χ1v) is 5.73. The van der Waals surface area contributed by atoms with E-state index in [9.17, 15) is 4.79 Å². The maximum Gasteiger partial charge on any atom is 0.323 e. The highest BCUT2D eigenvalue weighted by Crippen LogP contribution is 2.08. The molecule has 0 aliphatic carbocycles. The molecule has 0 amide bonds. The van der Waals surface area contributed by atoms with Gasteiger partial charge in [0.1, 0.15) is 11.6 Å². The van der Waals surface area contributed by atoms with Crippen molar-refractivity contribution in [1.82, 2.24) is 10.3 Å². The van der Waals surface area contributed by atoms with E-state index in [0.29, 0.717) is 6.54 Å². The van der Waals surface area contributed by atoms with Crippen molar-refractivity contribution in [2.45, 2.75) is 45.9 Å². The molecule has 1 aromatic heterocycles. The van der Waals surface area contributed by atoms with Crippen LogP contribution in [0.25, 0.3) is 0 Å². The molecule has 1 aromatic rings. The summed E-state index contributed by atoms with van der Waals surface area (Å²) in [5.74, 6) is -0.230. The highest BCUT2D eigenvalue weighted by Gasteiger charge is 2.20. The third-order valence-electron chi connectivity index (χ3n) is 2.12. The Balaban J connectivity index is 2.40. The van der Waals surface area contributed by atoms with Crippen LogP contribution < -0.4 is 5.32 Å². The fourth-order valence-electron chi connectivity index (χ4n) is 1.25. The maximum absolute atomic E-state index is 11.7. The zero-order chi connectivity index (χ0) is 12.9. The van der Waals surface area contributed by atoms with E-state index < -0.39 is 5.60 Å². The third-order valence-corrected chi connectivity index (χ3v) is 2.12. The smallest absolute Gasteiger partial charge is 0.323 e. The van der Waals surface area contributed by atoms with E-state index in [4.69, 9.17) is 4.74 Å². The van der Waals surface area contributed by atoms with E-state index in [1.165, 1.54) is 0 Å². The molecule has 0 fully saturated rings. The molecule has 1 N–H and O–H groups in total. The number of pyridine rings is 1. The SMILES string of the molecule is CC(NCc1ccncc1)C(=O)OC(C)(C)C. The molecule has 0 saturated carbocycles. The van der Waals surface area contributed by atoms with Crippen molar-refractivity contribution in [3.05, 3.63) is 30.1 Å². The van der Waals surface area contributed by atoms with Gasteiger partial charge in [-0.25, -0.2) is 0 Å². The Morgan fingerprint density at radius 3 is 2.53 bits per heavy atom. The summed E-state index contributed by atoms with van der Waals surface area (Å²) < 4.78 is 5.27. The van der Waals surface area contributed by atoms with Crippen LogP contribution in [0, 0.1) is 0 Å². The fourth-order valence-corrected chi connectivity index (χ4v) is 1.25. The summed E-state index contributed by atoms with van der Waals surface area (Å²) >= 11 is 0. The first-order chi connectivity index (χ1) is 7.88. The van der Waals surface area contributed by atoms with Crippen LogP contribution in [-0.4, -0.2) is 22.6 Å². The van der Waals surface area contributed by atoms with Crippen molar-refractivity contribution < 1.29 is 9.53 Å². The molecule has 0 bridgehead atoms. The second kappa shape index (κ2) is 5.77. The van der Waals surface area contributed by atoms with Crippen molar-refractivity contribution >= 4 is 5.97 Å². The molecule has 4 heteroatoms. The van der Waals surface area contributed by atoms with Gasteiger partial charge in [-0.3, -0.25) is 9.78 Å². The number of aromatic nitrogens is 1. The number of rotatable bonds is 4. The predicted molar refractivity (Wildman–Crippen MR) is 66.4 cm³/mol. The first kappa shape index (κ1) is 13.6. The number of hydrogen-bond acceptors (Lipinski definition) is 4. The molecule has 17 heavy (non-hydrogen) atoms. The molecule has 1 rings (SSSR count). The van der Waals surface area contributed by atoms with Crippen LogP contribution in [-0.2, 0) is 16.1 Å². The Bertz CT molecular complexity index is 357. The van der Waals surface area contributed by atoms with E-state index in [1.54, 1.807) is 19.3 Å². The molecule has 0 radical (unpaired) electrons. The van der Waals surface area contributed by atoms with E-state index >= 15 is 0 Å². The molecule has 0 aliphatic rings. The maximum atomic E-state index is 11.7. The summed E-state index contributed by atoms with van der Waals surface area (Å²) in [5, 5.41) is 3.12. The highest BCUT2D eigenvalue weighted by atomic mass is 16.6. The van der Waals surface area contributed by atoms with Crippen molar-refractivity contribution in [2.24, 2.45) is 0 Å². The highest BCUT2D eigenvalue weighted by molar-refractivity contribution is 5.75. The Hall–Kier alpha value is -1.42. The molecular formula is C13H20N2O2. The number of ether oxygens (including phenoxy) is 1. The van der Waals surface area contributed by atoms with Crippen LogP contribution in [0.3, 0.4) is 0 Å². The van der Waals surface area contributed by atoms with Crippen molar-refractivity contribution in [2.75, 3.05) is 0 Å². The van der Waals surface area contributed by atoms with Gasteiger partial charge in [0.05, 0.1) is 0 Å². The van der Waals surface area contributed by atoms with Crippen LogP contribution in [0.15, 0.2) is 24.5 Å². The largest absolute Gasteiger partial charge is 0.459 e. The summed E-state index contributed by atoms with van der Waals surface area (Å²) in [5.41, 5.74) is 0.652. The number of hydrogen-bond donors (Lipinski definition) is 1. The normalized spacial score (nSPS) is 13.2. The van der Waals surface area contributed by atoms with Crippen LogP contribution in [0.5, 0.6) is 0 Å². The van der Waals surface area contributed by atoms with Gasteiger partial charge in [-0.05, 0) is 45.4 Å². The fraction of sp³-hybridized carbons (Fsp3) is 0.538. The van der Waals surface area contributed by atoms with E-state index in [0.717, 1.165) is 5.56 Å². The number of carbonyl (C=O) groups is 1. The minimum Gasteiger partial charge on any atom is -0.459 e. The lowest BCUT2D eigenvalue weighted by Gasteiger charge is -2.22. The molecule has 94 valence electrons. The summed E-state index contributed by atoms with van der Waals surface area (Å²) in [4.78, 5) is 15.6. The van der Waals surface area contributed by atoms with Gasteiger partial charge in [0.15, 0.2) is 0 Å².